The van der Waals surface area contributed by atoms with Gasteiger partial charge in [-0.25, -0.2) is 9.69 Å². The van der Waals surface area contributed by atoms with E-state index in [4.69, 9.17) is 14.7 Å². The van der Waals surface area contributed by atoms with Crippen LogP contribution in [0.15, 0.2) is 18.2 Å². The molecule has 2 heterocycles. The van der Waals surface area contributed by atoms with Gasteiger partial charge in [0.25, 0.3) is 5.91 Å². The van der Waals surface area contributed by atoms with Gasteiger partial charge in [0, 0.05) is 0 Å². The maximum Gasteiger partial charge on any atom is 0.326 e. The monoisotopic (exact) mass is 287 g/mol. The lowest BCUT2D eigenvalue weighted by Gasteiger charge is -2.25. The number of nitrogens with zero attached hydrogens (tertiary/aromatic N) is 2. The lowest BCUT2D eigenvalue weighted by Crippen LogP contribution is -2.41. The summed E-state index contributed by atoms with van der Waals surface area (Å²) < 4.78 is 10.9. The third-order valence-electron chi connectivity index (χ3n) is 3.62. The second-order valence-electron chi connectivity index (χ2n) is 4.96. The first-order valence-corrected chi connectivity index (χ1v) is 6.47. The number of carbonyl (C=O) groups is 2. The molecule has 21 heavy (non-hydrogen) atoms. The highest BCUT2D eigenvalue weighted by Crippen LogP contribution is 2.36. The van der Waals surface area contributed by atoms with Gasteiger partial charge in [-0.3, -0.25) is 4.79 Å². The number of nitriles is 1. The number of imide groups is 1. The number of benzene rings is 1. The first-order valence-electron chi connectivity index (χ1n) is 6.47. The molecule has 3 rings (SSSR count). The van der Waals surface area contributed by atoms with Gasteiger partial charge >= 0.3 is 6.03 Å². The van der Waals surface area contributed by atoms with E-state index < -0.39 is 17.5 Å². The highest BCUT2D eigenvalue weighted by molar-refractivity contribution is 6.07. The molecule has 7 nitrogen and oxygen atoms in total. The van der Waals surface area contributed by atoms with Gasteiger partial charge < -0.3 is 14.8 Å². The first-order chi connectivity index (χ1) is 10.1. The Labute approximate surface area is 121 Å². The van der Waals surface area contributed by atoms with Gasteiger partial charge in [-0.2, -0.15) is 5.26 Å². The Morgan fingerprint density at radius 2 is 2.05 bits per heavy atom. The van der Waals surface area contributed by atoms with Crippen molar-refractivity contribution in [2.24, 2.45) is 0 Å². The van der Waals surface area contributed by atoms with E-state index in [9.17, 15) is 9.59 Å². The molecule has 0 bridgehead atoms. The molecule has 3 amide bonds. The minimum Gasteiger partial charge on any atom is -0.486 e. The molecule has 7 heteroatoms. The number of rotatable bonds is 2. The van der Waals surface area contributed by atoms with Crippen molar-refractivity contribution >= 4 is 11.9 Å². The van der Waals surface area contributed by atoms with Crippen molar-refractivity contribution in [2.45, 2.75) is 12.5 Å². The molecular weight excluding hydrogens is 274 g/mol. The molecule has 0 saturated carbocycles. The molecule has 1 fully saturated rings. The third kappa shape index (κ3) is 1.96. The summed E-state index contributed by atoms with van der Waals surface area (Å²) in [6.07, 6.45) is 0. The number of hydrogen-bond acceptors (Lipinski definition) is 5. The molecule has 1 N–H and O–H groups in total. The molecule has 0 spiro atoms. The van der Waals surface area contributed by atoms with Crippen LogP contribution in [0.4, 0.5) is 4.79 Å². The number of hydrogen-bond donors (Lipinski definition) is 1. The summed E-state index contributed by atoms with van der Waals surface area (Å²) >= 11 is 0. The topological polar surface area (TPSA) is 91.7 Å². The predicted molar refractivity (Wildman–Crippen MR) is 70.6 cm³/mol. The number of amides is 3. The van der Waals surface area contributed by atoms with E-state index in [0.717, 1.165) is 4.90 Å². The minimum atomic E-state index is -1.20. The SMILES string of the molecule is C[C@]1(c2ccc3c(c2)OCCO3)NC(=O)N(CC#N)C1=O. The normalized spacial score (nSPS) is 23.7. The number of fused-ring (bicyclic) bond motifs is 1. The molecular formula is C14H13N3O4. The van der Waals surface area contributed by atoms with E-state index >= 15 is 0 Å². The Morgan fingerprint density at radius 3 is 2.76 bits per heavy atom. The minimum absolute atomic E-state index is 0.273. The Morgan fingerprint density at radius 1 is 1.33 bits per heavy atom. The van der Waals surface area contributed by atoms with Crippen molar-refractivity contribution < 1.29 is 19.1 Å². The van der Waals surface area contributed by atoms with Gasteiger partial charge in [0.05, 0.1) is 6.07 Å². The van der Waals surface area contributed by atoms with Crippen LogP contribution in [0.2, 0.25) is 0 Å². The zero-order valence-corrected chi connectivity index (χ0v) is 11.4. The van der Waals surface area contributed by atoms with Crippen molar-refractivity contribution in [1.29, 1.82) is 5.26 Å². The average Bonchev–Trinajstić information content (AvgIpc) is 2.71. The van der Waals surface area contributed by atoms with Gasteiger partial charge in [0.2, 0.25) is 0 Å². The van der Waals surface area contributed by atoms with Crippen LogP contribution >= 0.6 is 0 Å². The summed E-state index contributed by atoms with van der Waals surface area (Å²) in [6.45, 7) is 2.25. The third-order valence-corrected chi connectivity index (χ3v) is 3.62. The Balaban J connectivity index is 1.98. The number of ether oxygens (including phenoxy) is 2. The second kappa shape index (κ2) is 4.66. The van der Waals surface area contributed by atoms with Crippen LogP contribution in [0.25, 0.3) is 0 Å². The number of nitrogens with one attached hydrogen (secondary N) is 1. The summed E-state index contributed by atoms with van der Waals surface area (Å²) in [4.78, 5) is 25.2. The molecule has 108 valence electrons. The fourth-order valence-corrected chi connectivity index (χ4v) is 2.46. The number of carbonyl (C=O) groups excluding carboxylic acids is 2. The van der Waals surface area contributed by atoms with Crippen LogP contribution in [-0.2, 0) is 10.3 Å². The molecule has 2 aliphatic rings. The average molecular weight is 287 g/mol. The summed E-state index contributed by atoms with van der Waals surface area (Å²) in [5.41, 5.74) is -0.616. The van der Waals surface area contributed by atoms with Gasteiger partial charge in [-0.05, 0) is 24.6 Å². The van der Waals surface area contributed by atoms with Gasteiger partial charge in [-0.1, -0.05) is 6.07 Å². The Bertz CT molecular complexity index is 667. The maximum atomic E-state index is 12.4. The van der Waals surface area contributed by atoms with E-state index in [1.807, 2.05) is 6.07 Å². The lowest BCUT2D eigenvalue weighted by atomic mass is 9.91. The van der Waals surface area contributed by atoms with Gasteiger partial charge in [-0.15, -0.1) is 0 Å². The second-order valence-corrected chi connectivity index (χ2v) is 4.96. The predicted octanol–water partition coefficient (Wildman–Crippen LogP) is 0.748. The summed E-state index contributed by atoms with van der Waals surface area (Å²) in [5.74, 6) is 0.700. The standard InChI is InChI=1S/C14H13N3O4/c1-14(12(18)17(5-4-15)13(19)16-14)9-2-3-10-11(8-9)21-7-6-20-10/h2-3,8H,5-7H2,1H3,(H,16,19)/t14-/m1/s1. The van der Waals surface area contributed by atoms with Crippen molar-refractivity contribution in [3.8, 4) is 17.6 Å². The van der Waals surface area contributed by atoms with Crippen LogP contribution in [0.1, 0.15) is 12.5 Å². The van der Waals surface area contributed by atoms with E-state index in [-0.39, 0.29) is 6.54 Å². The Kier molecular flexibility index (Phi) is 2.94. The van der Waals surface area contributed by atoms with Gasteiger partial charge in [0.15, 0.2) is 11.5 Å². The van der Waals surface area contributed by atoms with Crippen molar-refractivity contribution in [3.05, 3.63) is 23.8 Å². The molecule has 1 saturated heterocycles. The molecule has 0 unspecified atom stereocenters. The van der Waals surface area contributed by atoms with Crippen LogP contribution in [0.5, 0.6) is 11.5 Å². The van der Waals surface area contributed by atoms with Crippen LogP contribution in [0, 0.1) is 11.3 Å². The lowest BCUT2D eigenvalue weighted by molar-refractivity contribution is -0.130. The smallest absolute Gasteiger partial charge is 0.326 e. The molecule has 1 atom stereocenters. The Hall–Kier alpha value is -2.75. The van der Waals surface area contributed by atoms with Gasteiger partial charge in [0.1, 0.15) is 25.3 Å². The highest BCUT2D eigenvalue weighted by atomic mass is 16.6. The van der Waals surface area contributed by atoms with E-state index in [0.29, 0.717) is 30.3 Å². The first kappa shape index (κ1) is 13.2. The molecule has 1 aromatic carbocycles. The summed E-state index contributed by atoms with van der Waals surface area (Å²) in [6, 6.07) is 6.34. The molecule has 0 aromatic heterocycles. The summed E-state index contributed by atoms with van der Waals surface area (Å²) in [7, 11) is 0. The molecule has 0 radical (unpaired) electrons. The number of urea groups is 1. The molecule has 2 aliphatic heterocycles. The molecule has 0 aliphatic carbocycles. The quantitative estimate of drug-likeness (QED) is 0.640. The van der Waals surface area contributed by atoms with Crippen LogP contribution in [-0.4, -0.2) is 36.6 Å². The van der Waals surface area contributed by atoms with Crippen molar-refractivity contribution in [2.75, 3.05) is 19.8 Å². The van der Waals surface area contributed by atoms with Crippen molar-refractivity contribution in [3.63, 3.8) is 0 Å². The highest BCUT2D eigenvalue weighted by Gasteiger charge is 2.49. The zero-order valence-electron chi connectivity index (χ0n) is 11.4. The van der Waals surface area contributed by atoms with E-state index in [1.54, 1.807) is 25.1 Å². The summed E-state index contributed by atoms with van der Waals surface area (Å²) in [5, 5.41) is 11.3. The van der Waals surface area contributed by atoms with Crippen LogP contribution in [0.3, 0.4) is 0 Å². The molecule has 1 aromatic rings. The van der Waals surface area contributed by atoms with Crippen LogP contribution < -0.4 is 14.8 Å². The maximum absolute atomic E-state index is 12.4. The zero-order chi connectivity index (χ0) is 15.0. The van der Waals surface area contributed by atoms with E-state index in [1.165, 1.54) is 0 Å². The fourth-order valence-electron chi connectivity index (χ4n) is 2.46. The fraction of sp³-hybridized carbons (Fsp3) is 0.357. The largest absolute Gasteiger partial charge is 0.486 e. The van der Waals surface area contributed by atoms with E-state index in [2.05, 4.69) is 5.32 Å². The van der Waals surface area contributed by atoms with Crippen molar-refractivity contribution in [1.82, 2.24) is 10.2 Å².